The fourth-order valence-corrected chi connectivity index (χ4v) is 2.65. The molecular weight excluding hydrogens is 306 g/mol. The molecule has 1 heterocycles. The number of rotatable bonds is 5. The van der Waals surface area contributed by atoms with Gasteiger partial charge in [0.1, 0.15) is 12.4 Å². The Hall–Kier alpha value is -3.02. The third-order valence-corrected chi connectivity index (χ3v) is 3.81. The number of imidazole rings is 1. The summed E-state index contributed by atoms with van der Waals surface area (Å²) in [6.07, 6.45) is 0. The minimum atomic E-state index is -0.131. The second-order valence-corrected chi connectivity index (χ2v) is 5.35. The lowest BCUT2D eigenvalue weighted by atomic mass is 10.2. The predicted octanol–water partition coefficient (Wildman–Crippen LogP) is 3.00. The van der Waals surface area contributed by atoms with Crippen LogP contribution in [0.5, 0.6) is 11.5 Å². The van der Waals surface area contributed by atoms with E-state index in [-0.39, 0.29) is 12.5 Å². The van der Waals surface area contributed by atoms with Crippen molar-refractivity contribution in [3.63, 3.8) is 0 Å². The topological polar surface area (TPSA) is 65.4 Å². The maximum atomic E-state index is 12.4. The Morgan fingerprint density at radius 3 is 2.62 bits per heavy atom. The third-order valence-electron chi connectivity index (χ3n) is 3.81. The van der Waals surface area contributed by atoms with E-state index in [9.17, 15) is 4.79 Å². The second-order valence-electron chi connectivity index (χ2n) is 5.35. The summed E-state index contributed by atoms with van der Waals surface area (Å²) in [7, 11) is 3.13. The number of anilines is 1. The molecule has 0 saturated heterocycles. The first-order valence-corrected chi connectivity index (χ1v) is 7.56. The lowest BCUT2D eigenvalue weighted by Gasteiger charge is -2.11. The summed E-state index contributed by atoms with van der Waals surface area (Å²) in [5.41, 5.74) is 2.48. The smallest absolute Gasteiger partial charge is 0.244 e. The second kappa shape index (κ2) is 6.62. The fourth-order valence-electron chi connectivity index (χ4n) is 2.65. The van der Waals surface area contributed by atoms with Gasteiger partial charge in [-0.3, -0.25) is 4.79 Å². The number of ether oxygens (including phenoxy) is 2. The third kappa shape index (κ3) is 3.03. The molecule has 0 atom stereocenters. The van der Waals surface area contributed by atoms with Gasteiger partial charge >= 0.3 is 0 Å². The van der Waals surface area contributed by atoms with Crippen LogP contribution in [0.15, 0.2) is 42.5 Å². The Morgan fingerprint density at radius 2 is 1.88 bits per heavy atom. The molecule has 0 saturated carbocycles. The maximum Gasteiger partial charge on any atom is 0.244 e. The number of hydrogen-bond donors (Lipinski definition) is 1. The van der Waals surface area contributed by atoms with E-state index in [0.717, 1.165) is 16.9 Å². The SMILES string of the molecule is COc1ccc(NC(=O)Cn2c(C)nc3ccccc32)cc1OC. The van der Waals surface area contributed by atoms with E-state index in [2.05, 4.69) is 10.3 Å². The number of hydrogen-bond acceptors (Lipinski definition) is 4. The summed E-state index contributed by atoms with van der Waals surface area (Å²) in [6.45, 7) is 2.09. The molecule has 24 heavy (non-hydrogen) atoms. The molecule has 0 aliphatic rings. The lowest BCUT2D eigenvalue weighted by Crippen LogP contribution is -2.19. The fraction of sp³-hybridized carbons (Fsp3) is 0.222. The van der Waals surface area contributed by atoms with E-state index in [4.69, 9.17) is 9.47 Å². The highest BCUT2D eigenvalue weighted by molar-refractivity contribution is 5.92. The minimum absolute atomic E-state index is 0.131. The van der Waals surface area contributed by atoms with Gasteiger partial charge in [-0.2, -0.15) is 0 Å². The van der Waals surface area contributed by atoms with Crippen LogP contribution < -0.4 is 14.8 Å². The first kappa shape index (κ1) is 15.9. The van der Waals surface area contributed by atoms with E-state index in [1.165, 1.54) is 0 Å². The molecule has 2 aromatic carbocycles. The molecule has 0 bridgehead atoms. The van der Waals surface area contributed by atoms with Crippen LogP contribution in [0.1, 0.15) is 5.82 Å². The Morgan fingerprint density at radius 1 is 1.12 bits per heavy atom. The Kier molecular flexibility index (Phi) is 4.37. The Labute approximate surface area is 140 Å². The van der Waals surface area contributed by atoms with E-state index in [1.54, 1.807) is 32.4 Å². The zero-order chi connectivity index (χ0) is 17.1. The molecule has 1 aromatic heterocycles. The van der Waals surface area contributed by atoms with Crippen molar-refractivity contribution in [2.24, 2.45) is 0 Å². The van der Waals surface area contributed by atoms with Crippen molar-refractivity contribution in [2.75, 3.05) is 19.5 Å². The number of carbonyl (C=O) groups excluding carboxylic acids is 1. The predicted molar refractivity (Wildman–Crippen MR) is 92.6 cm³/mol. The number of carbonyl (C=O) groups is 1. The molecule has 0 radical (unpaired) electrons. The van der Waals surface area contributed by atoms with Gasteiger partial charge in [-0.1, -0.05) is 12.1 Å². The molecular formula is C18H19N3O3. The quantitative estimate of drug-likeness (QED) is 0.783. The van der Waals surface area contributed by atoms with Crippen LogP contribution in [0.4, 0.5) is 5.69 Å². The molecule has 0 aliphatic heterocycles. The standard InChI is InChI=1S/C18H19N3O3/c1-12-19-14-6-4-5-7-15(14)21(12)11-18(22)20-13-8-9-16(23-2)17(10-13)24-3/h4-10H,11H2,1-3H3,(H,20,22). The van der Waals surface area contributed by atoms with Crippen molar-refractivity contribution in [1.82, 2.24) is 9.55 Å². The first-order chi connectivity index (χ1) is 11.6. The van der Waals surface area contributed by atoms with E-state index in [1.807, 2.05) is 35.8 Å². The van der Waals surface area contributed by atoms with Gasteiger partial charge in [0.2, 0.25) is 5.91 Å². The molecule has 0 unspecified atom stereocenters. The zero-order valence-electron chi connectivity index (χ0n) is 13.9. The summed E-state index contributed by atoms with van der Waals surface area (Å²) < 4.78 is 12.3. The number of methoxy groups -OCH3 is 2. The number of amides is 1. The van der Waals surface area contributed by atoms with Crippen LogP contribution in [0.3, 0.4) is 0 Å². The van der Waals surface area contributed by atoms with Gasteiger partial charge in [-0.15, -0.1) is 0 Å². The Balaban J connectivity index is 1.79. The van der Waals surface area contributed by atoms with Crippen LogP contribution in [0.2, 0.25) is 0 Å². The molecule has 6 heteroatoms. The molecule has 3 rings (SSSR count). The number of nitrogens with one attached hydrogen (secondary N) is 1. The number of nitrogens with zero attached hydrogens (tertiary/aromatic N) is 2. The summed E-state index contributed by atoms with van der Waals surface area (Å²) in [5.74, 6) is 1.86. The molecule has 1 amide bonds. The van der Waals surface area contributed by atoms with Gasteiger partial charge in [0.15, 0.2) is 11.5 Å². The maximum absolute atomic E-state index is 12.4. The van der Waals surface area contributed by atoms with E-state index < -0.39 is 0 Å². The minimum Gasteiger partial charge on any atom is -0.493 e. The number of para-hydroxylation sites is 2. The number of benzene rings is 2. The summed E-state index contributed by atoms with van der Waals surface area (Å²) in [4.78, 5) is 16.9. The van der Waals surface area contributed by atoms with Crippen LogP contribution >= 0.6 is 0 Å². The highest BCUT2D eigenvalue weighted by Gasteiger charge is 2.12. The number of fused-ring (bicyclic) bond motifs is 1. The lowest BCUT2D eigenvalue weighted by molar-refractivity contribution is -0.116. The summed E-state index contributed by atoms with van der Waals surface area (Å²) in [5, 5.41) is 2.88. The molecule has 1 N–H and O–H groups in total. The van der Waals surface area contributed by atoms with E-state index in [0.29, 0.717) is 17.2 Å². The number of aryl methyl sites for hydroxylation is 1. The van der Waals surface area contributed by atoms with Gasteiger partial charge in [-0.25, -0.2) is 4.98 Å². The average molecular weight is 325 g/mol. The molecule has 0 spiro atoms. The summed E-state index contributed by atoms with van der Waals surface area (Å²) >= 11 is 0. The highest BCUT2D eigenvalue weighted by atomic mass is 16.5. The first-order valence-electron chi connectivity index (χ1n) is 7.56. The van der Waals surface area contributed by atoms with Gasteiger partial charge in [-0.05, 0) is 31.2 Å². The van der Waals surface area contributed by atoms with Gasteiger partial charge in [0.05, 0.1) is 25.3 Å². The van der Waals surface area contributed by atoms with Crippen molar-refractivity contribution in [1.29, 1.82) is 0 Å². The number of aromatic nitrogens is 2. The van der Waals surface area contributed by atoms with Crippen molar-refractivity contribution in [3.8, 4) is 11.5 Å². The van der Waals surface area contributed by atoms with Crippen molar-refractivity contribution >= 4 is 22.6 Å². The molecule has 6 nitrogen and oxygen atoms in total. The van der Waals surface area contributed by atoms with Crippen molar-refractivity contribution in [2.45, 2.75) is 13.5 Å². The zero-order valence-corrected chi connectivity index (χ0v) is 13.9. The Bertz CT molecular complexity index is 886. The molecule has 124 valence electrons. The van der Waals surface area contributed by atoms with Crippen LogP contribution in [-0.4, -0.2) is 29.7 Å². The van der Waals surface area contributed by atoms with E-state index >= 15 is 0 Å². The van der Waals surface area contributed by atoms with Gasteiger partial charge in [0.25, 0.3) is 0 Å². The molecule has 3 aromatic rings. The molecule has 0 fully saturated rings. The van der Waals surface area contributed by atoms with Crippen molar-refractivity contribution < 1.29 is 14.3 Å². The van der Waals surface area contributed by atoms with Gasteiger partial charge in [0, 0.05) is 11.8 Å². The highest BCUT2D eigenvalue weighted by Crippen LogP contribution is 2.29. The van der Waals surface area contributed by atoms with Crippen molar-refractivity contribution in [3.05, 3.63) is 48.3 Å². The summed E-state index contributed by atoms with van der Waals surface area (Å²) in [6, 6.07) is 13.0. The largest absolute Gasteiger partial charge is 0.493 e. The molecule has 0 aliphatic carbocycles. The van der Waals surface area contributed by atoms with Crippen LogP contribution in [0.25, 0.3) is 11.0 Å². The van der Waals surface area contributed by atoms with Crippen LogP contribution in [0, 0.1) is 6.92 Å². The average Bonchev–Trinajstić information content (AvgIpc) is 2.90. The van der Waals surface area contributed by atoms with Crippen LogP contribution in [-0.2, 0) is 11.3 Å². The monoisotopic (exact) mass is 325 g/mol. The normalized spacial score (nSPS) is 10.6. The van der Waals surface area contributed by atoms with Gasteiger partial charge < -0.3 is 19.4 Å².